The van der Waals surface area contributed by atoms with Gasteiger partial charge in [0.2, 0.25) is 0 Å². The monoisotopic (exact) mass is 1490 g/mol. The average Bonchev–Trinajstić information content (AvgIpc) is 0.950. The molecule has 0 amide bonds. The Morgan fingerprint density at radius 1 is 0.275 bits per heavy atom. The molecule has 19 heteroatoms. The number of carbonyl (C=O) groups excluding carboxylic acids is 4. The number of aliphatic hydroxyl groups excluding tert-OH is 1. The van der Waals surface area contributed by atoms with Crippen molar-refractivity contribution in [2.75, 3.05) is 39.6 Å². The first kappa shape index (κ1) is 100. The van der Waals surface area contributed by atoms with Crippen molar-refractivity contribution in [3.63, 3.8) is 0 Å². The van der Waals surface area contributed by atoms with Gasteiger partial charge in [0, 0.05) is 25.7 Å². The van der Waals surface area contributed by atoms with Gasteiger partial charge in [-0.3, -0.25) is 37.3 Å². The molecule has 606 valence electrons. The lowest BCUT2D eigenvalue weighted by Gasteiger charge is -2.21. The Morgan fingerprint density at radius 3 is 0.696 bits per heavy atom. The number of unbranched alkanes of at least 4 members (excludes halogenated alkanes) is 54. The topological polar surface area (TPSA) is 237 Å². The van der Waals surface area contributed by atoms with Crippen LogP contribution in [0.2, 0.25) is 0 Å². The van der Waals surface area contributed by atoms with E-state index < -0.39 is 97.5 Å². The molecule has 0 aromatic rings. The van der Waals surface area contributed by atoms with Gasteiger partial charge in [-0.05, 0) is 31.6 Å². The normalized spacial score (nSPS) is 14.1. The van der Waals surface area contributed by atoms with Crippen molar-refractivity contribution in [1.29, 1.82) is 0 Å². The summed E-state index contributed by atoms with van der Waals surface area (Å²) >= 11 is 0. The molecule has 0 rings (SSSR count). The van der Waals surface area contributed by atoms with Crippen LogP contribution in [0.5, 0.6) is 0 Å². The van der Waals surface area contributed by atoms with Crippen LogP contribution in [0.4, 0.5) is 0 Å². The van der Waals surface area contributed by atoms with Crippen LogP contribution in [0.1, 0.15) is 446 Å². The standard InChI is InChI=1S/C83H162O17P2/c1-6-10-13-16-18-20-22-24-26-28-33-36-40-44-48-52-57-62-67-81(86)94-73-79(100-83(88)69-64-59-54-50-46-42-38-34-30-29-32-35-39-43-47-51-56-60-65-76(5)9-4)75-98-102(91,92)96-71-77(84)70-95-101(89,90)97-74-78(72-93-80(85)66-61-55-15-12-8-3)99-82(87)68-63-58-53-49-45-41-37-31-27-25-23-21-19-17-14-11-7-2/h76-79,84H,6-75H2,1-5H3,(H,89,90)(H,91,92)/t76?,77-,78+,79+/m0/s1. The minimum atomic E-state index is -4.96. The maximum atomic E-state index is 13.1. The first-order chi connectivity index (χ1) is 49.6. The largest absolute Gasteiger partial charge is 0.472 e. The Labute approximate surface area is 626 Å². The Bertz CT molecular complexity index is 1950. The van der Waals surface area contributed by atoms with Gasteiger partial charge >= 0.3 is 39.5 Å². The second-order valence-electron chi connectivity index (χ2n) is 30.1. The predicted octanol–water partition coefficient (Wildman–Crippen LogP) is 25.2. The van der Waals surface area contributed by atoms with E-state index in [1.807, 2.05) is 0 Å². The SMILES string of the molecule is CCCCCCCCCCCCCCCCCCCCC(=O)OC[C@H](COP(=O)(O)OC[C@@H](O)COP(=O)(O)OC[C@@H](COC(=O)CCCCCCC)OC(=O)CCCCCCCCCCCCCCCCCCC)OC(=O)CCCCCCCCCCCCCCCCCCCCC(C)CC. The van der Waals surface area contributed by atoms with Crippen LogP contribution in [-0.2, 0) is 65.4 Å². The third-order valence-electron chi connectivity index (χ3n) is 19.9. The fourth-order valence-electron chi connectivity index (χ4n) is 12.9. The highest BCUT2D eigenvalue weighted by Gasteiger charge is 2.30. The van der Waals surface area contributed by atoms with E-state index in [0.29, 0.717) is 25.7 Å². The van der Waals surface area contributed by atoms with Gasteiger partial charge in [-0.1, -0.05) is 394 Å². The maximum Gasteiger partial charge on any atom is 0.472 e. The van der Waals surface area contributed by atoms with Gasteiger partial charge < -0.3 is 33.8 Å². The molecule has 3 unspecified atom stereocenters. The molecule has 0 fully saturated rings. The lowest BCUT2D eigenvalue weighted by Crippen LogP contribution is -2.30. The first-order valence-electron chi connectivity index (χ1n) is 43.2. The van der Waals surface area contributed by atoms with E-state index in [1.165, 1.54) is 263 Å². The summed E-state index contributed by atoms with van der Waals surface area (Å²) in [4.78, 5) is 72.8. The number of hydrogen-bond donors (Lipinski definition) is 3. The molecule has 0 saturated heterocycles. The van der Waals surface area contributed by atoms with Gasteiger partial charge in [-0.25, -0.2) is 9.13 Å². The predicted molar refractivity (Wildman–Crippen MR) is 418 cm³/mol. The fourth-order valence-corrected chi connectivity index (χ4v) is 14.5. The molecule has 0 aliphatic carbocycles. The summed E-state index contributed by atoms with van der Waals surface area (Å²) in [6.45, 7) is 7.32. The van der Waals surface area contributed by atoms with E-state index >= 15 is 0 Å². The summed E-state index contributed by atoms with van der Waals surface area (Å²) in [5.74, 6) is -1.24. The number of aliphatic hydroxyl groups is 1. The molecule has 0 aliphatic heterocycles. The summed E-state index contributed by atoms with van der Waals surface area (Å²) in [5.41, 5.74) is 0. The van der Waals surface area contributed by atoms with Crippen LogP contribution in [0.25, 0.3) is 0 Å². The zero-order chi connectivity index (χ0) is 74.8. The second kappa shape index (κ2) is 75.9. The van der Waals surface area contributed by atoms with Gasteiger partial charge in [-0.15, -0.1) is 0 Å². The molecule has 17 nitrogen and oxygen atoms in total. The van der Waals surface area contributed by atoms with Gasteiger partial charge in [0.1, 0.15) is 19.3 Å². The quantitative estimate of drug-likeness (QED) is 0.0222. The van der Waals surface area contributed by atoms with E-state index in [9.17, 15) is 43.2 Å². The lowest BCUT2D eigenvalue weighted by atomic mass is 9.99. The highest BCUT2D eigenvalue weighted by Crippen LogP contribution is 2.45. The van der Waals surface area contributed by atoms with Crippen molar-refractivity contribution >= 4 is 39.5 Å². The Morgan fingerprint density at radius 2 is 0.471 bits per heavy atom. The van der Waals surface area contributed by atoms with E-state index in [2.05, 4.69) is 34.6 Å². The fraction of sp³-hybridized carbons (Fsp3) is 0.952. The summed E-state index contributed by atoms with van der Waals surface area (Å²) < 4.78 is 68.5. The molecule has 0 saturated carbocycles. The third kappa shape index (κ3) is 74.9. The van der Waals surface area contributed by atoms with Crippen molar-refractivity contribution in [3.05, 3.63) is 0 Å². The molecule has 0 aliphatic rings. The molecule has 0 spiro atoms. The molecule has 6 atom stereocenters. The highest BCUT2D eigenvalue weighted by molar-refractivity contribution is 7.47. The Balaban J connectivity index is 5.11. The Hall–Kier alpha value is -1.94. The number of phosphoric acid groups is 2. The van der Waals surface area contributed by atoms with Gasteiger partial charge in [0.15, 0.2) is 12.2 Å². The van der Waals surface area contributed by atoms with Crippen molar-refractivity contribution in [3.8, 4) is 0 Å². The third-order valence-corrected chi connectivity index (χ3v) is 21.8. The molecule has 102 heavy (non-hydrogen) atoms. The van der Waals surface area contributed by atoms with Crippen LogP contribution in [-0.4, -0.2) is 96.7 Å². The van der Waals surface area contributed by atoms with Crippen molar-refractivity contribution in [2.45, 2.75) is 464 Å². The molecule has 0 bridgehead atoms. The van der Waals surface area contributed by atoms with Crippen LogP contribution < -0.4 is 0 Å². The van der Waals surface area contributed by atoms with E-state index in [-0.39, 0.29) is 25.7 Å². The van der Waals surface area contributed by atoms with Crippen LogP contribution in [0.3, 0.4) is 0 Å². The smallest absolute Gasteiger partial charge is 0.462 e. The van der Waals surface area contributed by atoms with Crippen LogP contribution in [0, 0.1) is 5.92 Å². The van der Waals surface area contributed by atoms with E-state index in [1.54, 1.807) is 0 Å². The molecule has 0 aromatic carbocycles. The van der Waals surface area contributed by atoms with Crippen LogP contribution >= 0.6 is 15.6 Å². The highest BCUT2D eigenvalue weighted by atomic mass is 31.2. The number of esters is 4. The number of rotatable bonds is 83. The molecular weight excluding hydrogens is 1330 g/mol. The minimum absolute atomic E-state index is 0.108. The number of phosphoric ester groups is 2. The van der Waals surface area contributed by atoms with Gasteiger partial charge in [0.05, 0.1) is 26.4 Å². The molecule has 0 heterocycles. The van der Waals surface area contributed by atoms with Crippen molar-refractivity contribution in [2.24, 2.45) is 5.92 Å². The van der Waals surface area contributed by atoms with Crippen molar-refractivity contribution in [1.82, 2.24) is 0 Å². The summed E-state index contributed by atoms with van der Waals surface area (Å²) in [6.07, 6.45) is 68.5. The maximum absolute atomic E-state index is 13.1. The molecule has 0 radical (unpaired) electrons. The molecular formula is C83H162O17P2. The van der Waals surface area contributed by atoms with Crippen molar-refractivity contribution < 1.29 is 80.2 Å². The van der Waals surface area contributed by atoms with E-state index in [0.717, 1.165) is 102 Å². The summed E-state index contributed by atoms with van der Waals surface area (Å²) in [7, 11) is -9.91. The Kier molecular flexibility index (Phi) is 74.4. The molecule has 3 N–H and O–H groups in total. The summed E-state index contributed by atoms with van der Waals surface area (Å²) in [5, 5.41) is 10.6. The number of ether oxygens (including phenoxy) is 4. The molecule has 0 aromatic heterocycles. The lowest BCUT2D eigenvalue weighted by molar-refractivity contribution is -0.161. The minimum Gasteiger partial charge on any atom is -0.462 e. The summed E-state index contributed by atoms with van der Waals surface area (Å²) in [6, 6.07) is 0. The number of hydrogen-bond acceptors (Lipinski definition) is 15. The zero-order valence-electron chi connectivity index (χ0n) is 66.8. The van der Waals surface area contributed by atoms with Crippen LogP contribution in [0.15, 0.2) is 0 Å². The second-order valence-corrected chi connectivity index (χ2v) is 33.0. The zero-order valence-corrected chi connectivity index (χ0v) is 68.5. The van der Waals surface area contributed by atoms with Gasteiger partial charge in [0.25, 0.3) is 0 Å². The first-order valence-corrected chi connectivity index (χ1v) is 46.2. The number of carbonyl (C=O) groups is 4. The average molecular weight is 1490 g/mol. The van der Waals surface area contributed by atoms with Gasteiger partial charge in [-0.2, -0.15) is 0 Å². The van der Waals surface area contributed by atoms with E-state index in [4.69, 9.17) is 37.0 Å².